The van der Waals surface area contributed by atoms with Gasteiger partial charge in [-0.15, -0.1) is 12.4 Å². The molecule has 34 valence electrons. The van der Waals surface area contributed by atoms with Crippen molar-refractivity contribution in [2.45, 2.75) is 13.2 Å². The molecule has 0 fully saturated rings. The van der Waals surface area contributed by atoms with E-state index in [0.717, 1.165) is 0 Å². The molecule has 0 nitrogen and oxygen atoms in total. The van der Waals surface area contributed by atoms with E-state index in [4.69, 9.17) is 0 Å². The molecule has 0 amide bonds. The van der Waals surface area contributed by atoms with Crippen LogP contribution in [0.5, 0.6) is 0 Å². The van der Waals surface area contributed by atoms with E-state index >= 15 is 0 Å². The van der Waals surface area contributed by atoms with Crippen molar-refractivity contribution in [1.29, 1.82) is 0 Å². The van der Waals surface area contributed by atoms with Crippen LogP contribution in [0.2, 0.25) is 6.32 Å². The van der Waals surface area contributed by atoms with Gasteiger partial charge in [-0.05, 0) is 0 Å². The first-order chi connectivity index (χ1) is 2.41. The molecule has 0 radical (unpaired) electrons. The summed E-state index contributed by atoms with van der Waals surface area (Å²) in [6.45, 7) is 2.21. The van der Waals surface area contributed by atoms with Gasteiger partial charge >= 0.3 is 0 Å². The van der Waals surface area contributed by atoms with Crippen LogP contribution >= 0.6 is 12.4 Å². The molecule has 0 aliphatic carbocycles. The average Bonchev–Trinajstić information content (AvgIpc) is 1.41. The van der Waals surface area contributed by atoms with Gasteiger partial charge in [-0.25, -0.2) is 0 Å². The molecule has 0 aromatic rings. The molecule has 0 aromatic carbocycles. The Labute approximate surface area is 48.3 Å². The monoisotopic (exact) mass is 102 g/mol. The lowest BCUT2D eigenvalue weighted by Gasteiger charge is -1.72. The summed E-state index contributed by atoms with van der Waals surface area (Å²) in [6.07, 6.45) is 1.34. The predicted molar refractivity (Wildman–Crippen MR) is 40.6 cm³/mol. The van der Waals surface area contributed by atoms with Gasteiger partial charge in [0.05, 0.1) is 22.0 Å². The molecule has 0 rings (SSSR count). The van der Waals surface area contributed by atoms with Crippen LogP contribution in [-0.2, 0) is 0 Å². The first-order valence-electron chi connectivity index (χ1n) is 2.41. The number of hydrogen-bond donors (Lipinski definition) is 0. The summed E-state index contributed by atoms with van der Waals surface area (Å²) >= 11 is 0. The maximum Gasteiger partial charge on any atom is 0.0776 e. The largest absolute Gasteiger partial charge is 0.147 e. The summed E-state index contributed by atoms with van der Waals surface area (Å²) in [5.74, 6) is 0. The second-order valence-corrected chi connectivity index (χ2v) is 1.35. The van der Waals surface area contributed by atoms with Gasteiger partial charge < -0.3 is 0 Å². The fourth-order valence-corrected chi connectivity index (χ4v) is 0.354. The van der Waals surface area contributed by atoms with Crippen molar-refractivity contribution in [2.75, 3.05) is 0 Å². The van der Waals surface area contributed by atoms with E-state index in [0.29, 0.717) is 0 Å². The molecule has 0 atom stereocenters. The number of hydrogen-bond acceptors (Lipinski definition) is 0. The van der Waals surface area contributed by atoms with Gasteiger partial charge in [0.1, 0.15) is 0 Å². The predicted octanol–water partition coefficient (Wildman–Crippen LogP) is -0.818. The molecule has 0 aliphatic heterocycles. The topological polar surface area (TPSA) is 0 Å². The Balaban J connectivity index is 0. The van der Waals surface area contributed by atoms with Gasteiger partial charge in [-0.2, -0.15) is 0 Å². The third-order valence-corrected chi connectivity index (χ3v) is 0.707. The average molecular weight is 102 g/mol. The lowest BCUT2D eigenvalue weighted by atomic mass is 9.27. The third kappa shape index (κ3) is 8.82. The van der Waals surface area contributed by atoms with Crippen LogP contribution in [0.15, 0.2) is 0 Å². The lowest BCUT2D eigenvalue weighted by molar-refractivity contribution is 1.47. The maximum atomic E-state index is 2.21. The van der Waals surface area contributed by atoms with Crippen molar-refractivity contribution >= 4 is 34.4 Å². The van der Waals surface area contributed by atoms with Gasteiger partial charge in [0.25, 0.3) is 0 Å². The van der Waals surface area contributed by atoms with Crippen LogP contribution in [-0.4, -0.2) is 22.0 Å². The summed E-state index contributed by atoms with van der Waals surface area (Å²) in [5, 5.41) is 0. The molecule has 0 saturated heterocycles. The minimum atomic E-state index is 0. The van der Waals surface area contributed by atoms with E-state index in [2.05, 4.69) is 14.7 Å². The molecule has 0 aromatic heterocycles. The zero-order valence-corrected chi connectivity index (χ0v) is 5.35. The molecule has 6 heavy (non-hydrogen) atoms. The second kappa shape index (κ2) is 9.08. The van der Waals surface area contributed by atoms with Gasteiger partial charge in [-0.1, -0.05) is 13.2 Å². The highest BCUT2D eigenvalue weighted by Crippen LogP contribution is 1.63. The van der Waals surface area contributed by atoms with Crippen molar-refractivity contribution in [1.82, 2.24) is 0 Å². The van der Waals surface area contributed by atoms with E-state index in [-0.39, 0.29) is 12.4 Å². The van der Waals surface area contributed by atoms with E-state index in [9.17, 15) is 0 Å². The summed E-state index contributed by atoms with van der Waals surface area (Å²) in [7, 11) is 4.94. The highest BCUT2D eigenvalue weighted by Gasteiger charge is 1.75. The van der Waals surface area contributed by atoms with Crippen LogP contribution < -0.4 is 0 Å². The van der Waals surface area contributed by atoms with Crippen molar-refractivity contribution in [3.8, 4) is 0 Å². The zero-order valence-electron chi connectivity index (χ0n) is 4.53. The van der Waals surface area contributed by atoms with Crippen molar-refractivity contribution < 1.29 is 0 Å². The first-order valence-corrected chi connectivity index (χ1v) is 2.41. The Hall–Kier alpha value is 0.485. The molecule has 0 N–H and O–H groups in total. The van der Waals surface area contributed by atoms with Gasteiger partial charge in [0, 0.05) is 0 Å². The lowest BCUT2D eigenvalue weighted by Crippen LogP contribution is -1.98. The summed E-state index contributed by atoms with van der Waals surface area (Å²) in [6, 6.07) is 0. The fourth-order valence-electron chi connectivity index (χ4n) is 0.354. The Bertz CT molecular complexity index is 16.3. The summed E-state index contributed by atoms with van der Waals surface area (Å²) in [5.41, 5.74) is 0. The molecule has 0 spiro atoms. The smallest absolute Gasteiger partial charge is 0.0776 e. The van der Waals surface area contributed by atoms with Crippen LogP contribution in [0.3, 0.4) is 0 Å². The van der Waals surface area contributed by atoms with Crippen LogP contribution in [0.25, 0.3) is 0 Å². The van der Waals surface area contributed by atoms with E-state index in [1.54, 1.807) is 0 Å². The summed E-state index contributed by atoms with van der Waals surface area (Å²) in [4.78, 5) is 0. The molecule has 4 heteroatoms. The standard InChI is InChI=1S/C2H9B3.ClH/c1-2-4-5-3;/h4-5H,2-3H2,1H3;1H. The number of rotatable bonds is 2. The molecule has 0 aliphatic rings. The first kappa shape index (κ1) is 9.70. The van der Waals surface area contributed by atoms with Gasteiger partial charge in [0.15, 0.2) is 0 Å². The highest BCUT2D eigenvalue weighted by molar-refractivity contribution is 7.23. The van der Waals surface area contributed by atoms with E-state index in [1.165, 1.54) is 20.6 Å². The highest BCUT2D eigenvalue weighted by atomic mass is 35.5. The Kier molecular flexibility index (Phi) is 14.7. The summed E-state index contributed by atoms with van der Waals surface area (Å²) < 4.78 is 0. The van der Waals surface area contributed by atoms with Crippen LogP contribution in [0.1, 0.15) is 6.92 Å². The van der Waals surface area contributed by atoms with E-state index < -0.39 is 0 Å². The molecule has 0 unspecified atom stereocenters. The number of halogens is 1. The minimum Gasteiger partial charge on any atom is -0.147 e. The fraction of sp³-hybridized carbons (Fsp3) is 1.00. The molecule has 0 saturated carbocycles. The normalized spacial score (nSPS) is 5.50. The van der Waals surface area contributed by atoms with Gasteiger partial charge in [-0.3, -0.25) is 0 Å². The SMILES string of the molecule is BBBCC.Cl. The van der Waals surface area contributed by atoms with Crippen LogP contribution in [0.4, 0.5) is 0 Å². The van der Waals surface area contributed by atoms with Crippen molar-refractivity contribution in [3.05, 3.63) is 0 Å². The van der Waals surface area contributed by atoms with Crippen molar-refractivity contribution in [3.63, 3.8) is 0 Å². The molecule has 0 heterocycles. The van der Waals surface area contributed by atoms with Gasteiger partial charge in [0.2, 0.25) is 0 Å². The Morgan fingerprint density at radius 2 is 2.17 bits per heavy atom. The molecular formula is C2H10B3Cl. The van der Waals surface area contributed by atoms with Crippen LogP contribution in [0, 0.1) is 0 Å². The third-order valence-electron chi connectivity index (χ3n) is 0.707. The minimum absolute atomic E-state index is 0. The molecule has 0 bridgehead atoms. The quantitative estimate of drug-likeness (QED) is 0.400. The Morgan fingerprint density at radius 3 is 2.17 bits per heavy atom. The second-order valence-electron chi connectivity index (χ2n) is 1.35. The Morgan fingerprint density at radius 1 is 1.67 bits per heavy atom. The molecular weight excluding hydrogens is 91.9 g/mol. The zero-order chi connectivity index (χ0) is 4.12. The maximum absolute atomic E-state index is 2.21. The van der Waals surface area contributed by atoms with Crippen molar-refractivity contribution in [2.24, 2.45) is 0 Å². The van der Waals surface area contributed by atoms with E-state index in [1.807, 2.05) is 0 Å².